The quantitative estimate of drug-likeness (QED) is 0.144. The van der Waals surface area contributed by atoms with Crippen LogP contribution in [0, 0.1) is 0 Å². The molecule has 0 rings (SSSR count). The van der Waals surface area contributed by atoms with Crippen molar-refractivity contribution in [1.82, 2.24) is 5.32 Å². The summed E-state index contributed by atoms with van der Waals surface area (Å²) in [6, 6.07) is 0. The molecule has 0 aliphatic rings. The summed E-state index contributed by atoms with van der Waals surface area (Å²) >= 11 is 4.05. The van der Waals surface area contributed by atoms with Crippen molar-refractivity contribution in [3.8, 4) is 0 Å². The molecule has 0 atom stereocenters. The largest absolute Gasteiger partial charge is 0.378 e. The number of likely N-dealkylation sites (N-methyl/N-ethyl adjacent to an activating group) is 1. The average molecular weight is 444 g/mol. The molecule has 0 saturated carbocycles. The predicted molar refractivity (Wildman–Crippen MR) is 114 cm³/mol. The molecule has 1 N–H and O–H groups in total. The zero-order valence-electron chi connectivity index (χ0n) is 17.9. The van der Waals surface area contributed by atoms with E-state index >= 15 is 0 Å². The second kappa shape index (κ2) is 28.0. The molecule has 0 aromatic rings. The van der Waals surface area contributed by atoms with E-state index in [1.807, 2.05) is 7.05 Å². The first-order chi connectivity index (χ1) is 14.4. The molecule has 0 unspecified atom stereocenters. The van der Waals surface area contributed by atoms with Gasteiger partial charge >= 0.3 is 0 Å². The summed E-state index contributed by atoms with van der Waals surface area (Å²) in [5.74, 6) is 0.728. The molecule has 0 saturated heterocycles. The van der Waals surface area contributed by atoms with Crippen molar-refractivity contribution in [1.29, 1.82) is 0 Å². The van der Waals surface area contributed by atoms with Crippen LogP contribution in [0.25, 0.3) is 0 Å². The molecule has 0 radical (unpaired) electrons. The molecule has 0 spiro atoms. The average Bonchev–Trinajstić information content (AvgIpc) is 2.74. The van der Waals surface area contributed by atoms with Crippen molar-refractivity contribution in [2.75, 3.05) is 125 Å². The van der Waals surface area contributed by atoms with E-state index in [0.717, 1.165) is 12.3 Å². The maximum atomic E-state index is 5.42. The number of rotatable bonds is 26. The highest BCUT2D eigenvalue weighted by Gasteiger charge is 1.95. The smallest absolute Gasteiger partial charge is 0.0701 e. The molecular weight excluding hydrogens is 402 g/mol. The van der Waals surface area contributed by atoms with Gasteiger partial charge in [0.25, 0.3) is 0 Å². The summed E-state index contributed by atoms with van der Waals surface area (Å²) < 4.78 is 43.0. The molecule has 0 aliphatic carbocycles. The molecule has 0 heterocycles. The van der Waals surface area contributed by atoms with Gasteiger partial charge in [0.15, 0.2) is 0 Å². The van der Waals surface area contributed by atoms with Crippen LogP contribution in [0.1, 0.15) is 0 Å². The van der Waals surface area contributed by atoms with Crippen LogP contribution in [-0.4, -0.2) is 125 Å². The molecule has 29 heavy (non-hydrogen) atoms. The van der Waals surface area contributed by atoms with Crippen molar-refractivity contribution in [2.45, 2.75) is 0 Å². The highest BCUT2D eigenvalue weighted by atomic mass is 32.1. The van der Waals surface area contributed by atoms with Crippen LogP contribution < -0.4 is 5.32 Å². The van der Waals surface area contributed by atoms with Gasteiger partial charge in [0.2, 0.25) is 0 Å². The summed E-state index contributed by atoms with van der Waals surface area (Å²) in [6.45, 7) is 10.1. The SMILES string of the molecule is CNCCOCCOCCOCCOCCOCCOCCOCCOCCS. The second-order valence-corrected chi connectivity index (χ2v) is 6.17. The van der Waals surface area contributed by atoms with Crippen LogP contribution in [0.3, 0.4) is 0 Å². The number of hydrogen-bond donors (Lipinski definition) is 2. The van der Waals surface area contributed by atoms with Gasteiger partial charge in [0.05, 0.1) is 106 Å². The molecule has 10 heteroatoms. The highest BCUT2D eigenvalue weighted by Crippen LogP contribution is 1.86. The summed E-state index contributed by atoms with van der Waals surface area (Å²) in [5, 5.41) is 3.01. The highest BCUT2D eigenvalue weighted by molar-refractivity contribution is 7.80. The van der Waals surface area contributed by atoms with Gasteiger partial charge in [-0.3, -0.25) is 0 Å². The van der Waals surface area contributed by atoms with E-state index in [-0.39, 0.29) is 0 Å². The third kappa shape index (κ3) is 28.0. The Bertz CT molecular complexity index is 267. The molecule has 0 fully saturated rings. The molecule has 9 nitrogen and oxygen atoms in total. The second-order valence-electron chi connectivity index (χ2n) is 5.73. The van der Waals surface area contributed by atoms with E-state index in [1.54, 1.807) is 0 Å². The van der Waals surface area contributed by atoms with Crippen LogP contribution in [0.2, 0.25) is 0 Å². The van der Waals surface area contributed by atoms with Crippen molar-refractivity contribution < 1.29 is 37.9 Å². The number of nitrogens with one attached hydrogen (secondary N) is 1. The Hall–Kier alpha value is -0.0100. The van der Waals surface area contributed by atoms with Crippen molar-refractivity contribution in [2.24, 2.45) is 0 Å². The maximum absolute atomic E-state index is 5.42. The van der Waals surface area contributed by atoms with E-state index in [0.29, 0.717) is 106 Å². The standard InChI is InChI=1S/C19H41NO8S/c1-20-2-3-21-4-5-22-6-7-23-8-9-24-10-11-25-12-13-26-14-15-27-16-17-28-18-19-29/h20,29H,2-19H2,1H3. The van der Waals surface area contributed by atoms with Gasteiger partial charge in [0, 0.05) is 12.3 Å². The first-order valence-corrected chi connectivity index (χ1v) is 10.9. The summed E-state index contributed by atoms with van der Waals surface area (Å²) in [4.78, 5) is 0. The molecule has 0 aromatic carbocycles. The van der Waals surface area contributed by atoms with Crippen LogP contribution >= 0.6 is 12.6 Å². The van der Waals surface area contributed by atoms with Gasteiger partial charge in [-0.05, 0) is 7.05 Å². The first-order valence-electron chi connectivity index (χ1n) is 10.3. The minimum atomic E-state index is 0.541. The van der Waals surface area contributed by atoms with Crippen molar-refractivity contribution >= 4 is 12.6 Å². The zero-order chi connectivity index (χ0) is 21.1. The number of hydrogen-bond acceptors (Lipinski definition) is 10. The van der Waals surface area contributed by atoms with Crippen LogP contribution in [0.15, 0.2) is 0 Å². The molecular formula is C19H41NO8S. The lowest BCUT2D eigenvalue weighted by molar-refractivity contribution is -0.0227. The fourth-order valence-corrected chi connectivity index (χ4v) is 2.01. The zero-order valence-corrected chi connectivity index (χ0v) is 18.8. The van der Waals surface area contributed by atoms with E-state index < -0.39 is 0 Å². The molecule has 0 aromatic heterocycles. The van der Waals surface area contributed by atoms with Gasteiger partial charge in [-0.25, -0.2) is 0 Å². The summed E-state index contributed by atoms with van der Waals surface area (Å²) in [6.07, 6.45) is 0. The topological polar surface area (TPSA) is 85.9 Å². The lowest BCUT2D eigenvalue weighted by Gasteiger charge is -2.08. The van der Waals surface area contributed by atoms with E-state index in [9.17, 15) is 0 Å². The Morgan fingerprint density at radius 2 is 0.655 bits per heavy atom. The minimum absolute atomic E-state index is 0.541. The predicted octanol–water partition coefficient (Wildman–Crippen LogP) is 0.268. The fourth-order valence-electron chi connectivity index (χ4n) is 1.88. The fraction of sp³-hybridized carbons (Fsp3) is 1.00. The van der Waals surface area contributed by atoms with Gasteiger partial charge < -0.3 is 43.2 Å². The van der Waals surface area contributed by atoms with Gasteiger partial charge in [-0.15, -0.1) is 0 Å². The summed E-state index contributed by atoms with van der Waals surface area (Å²) in [7, 11) is 1.90. The molecule has 0 bridgehead atoms. The van der Waals surface area contributed by atoms with Crippen molar-refractivity contribution in [3.05, 3.63) is 0 Å². The maximum Gasteiger partial charge on any atom is 0.0701 e. The number of thiol groups is 1. The molecule has 0 amide bonds. The van der Waals surface area contributed by atoms with Crippen LogP contribution in [0.5, 0.6) is 0 Å². The lowest BCUT2D eigenvalue weighted by atomic mass is 10.6. The monoisotopic (exact) mass is 443 g/mol. The molecule has 0 aliphatic heterocycles. The first kappa shape index (κ1) is 29.0. The van der Waals surface area contributed by atoms with Crippen molar-refractivity contribution in [3.63, 3.8) is 0 Å². The Kier molecular flexibility index (Phi) is 28.0. The minimum Gasteiger partial charge on any atom is -0.378 e. The van der Waals surface area contributed by atoms with Crippen LogP contribution in [-0.2, 0) is 37.9 Å². The van der Waals surface area contributed by atoms with E-state index in [1.165, 1.54) is 0 Å². The van der Waals surface area contributed by atoms with Crippen LogP contribution in [0.4, 0.5) is 0 Å². The van der Waals surface area contributed by atoms with Gasteiger partial charge in [-0.1, -0.05) is 0 Å². The van der Waals surface area contributed by atoms with Gasteiger partial charge in [0.1, 0.15) is 0 Å². The Morgan fingerprint density at radius 1 is 0.414 bits per heavy atom. The summed E-state index contributed by atoms with van der Waals surface area (Å²) in [5.41, 5.74) is 0. The third-order valence-corrected chi connectivity index (χ3v) is 3.52. The normalized spacial score (nSPS) is 11.4. The van der Waals surface area contributed by atoms with E-state index in [2.05, 4.69) is 17.9 Å². The molecule has 176 valence electrons. The Labute approximate surface area is 181 Å². The lowest BCUT2D eigenvalue weighted by Crippen LogP contribution is -2.17. The van der Waals surface area contributed by atoms with E-state index in [4.69, 9.17) is 37.9 Å². The Morgan fingerprint density at radius 3 is 0.897 bits per heavy atom. The number of ether oxygens (including phenoxy) is 8. The Balaban J connectivity index is 2.97. The van der Waals surface area contributed by atoms with Gasteiger partial charge in [-0.2, -0.15) is 12.6 Å². The third-order valence-electron chi connectivity index (χ3n) is 3.34.